The monoisotopic (exact) mass is 432 g/mol. The number of hydrogen-bond acceptors (Lipinski definition) is 2. The van der Waals surface area contributed by atoms with Gasteiger partial charge in [-0.15, -0.1) is 0 Å². The van der Waals surface area contributed by atoms with Crippen molar-refractivity contribution in [3.8, 4) is 0 Å². The molecular formula is C28H45FO2. The van der Waals surface area contributed by atoms with Crippen LogP contribution >= 0.6 is 0 Å². The molecular weight excluding hydrogens is 387 g/mol. The van der Waals surface area contributed by atoms with Crippen molar-refractivity contribution in [3.05, 3.63) is 35.6 Å². The summed E-state index contributed by atoms with van der Waals surface area (Å²) in [6.45, 7) is 3.81. The third-order valence-corrected chi connectivity index (χ3v) is 7.52. The molecule has 3 rings (SSSR count). The summed E-state index contributed by atoms with van der Waals surface area (Å²) in [4.78, 5) is 0. The van der Waals surface area contributed by atoms with Gasteiger partial charge < -0.3 is 9.47 Å². The van der Waals surface area contributed by atoms with Gasteiger partial charge in [0.05, 0.1) is 13.2 Å². The molecule has 2 fully saturated rings. The fourth-order valence-corrected chi connectivity index (χ4v) is 5.37. The lowest BCUT2D eigenvalue weighted by atomic mass is 9.77. The van der Waals surface area contributed by atoms with Crippen molar-refractivity contribution < 1.29 is 13.9 Å². The van der Waals surface area contributed by atoms with E-state index in [1.54, 1.807) is 12.1 Å². The van der Waals surface area contributed by atoms with E-state index in [1.807, 2.05) is 0 Å². The van der Waals surface area contributed by atoms with E-state index in [1.165, 1.54) is 108 Å². The van der Waals surface area contributed by atoms with Gasteiger partial charge in [-0.2, -0.15) is 0 Å². The summed E-state index contributed by atoms with van der Waals surface area (Å²) in [5.74, 6) is 2.19. The molecule has 0 amide bonds. The van der Waals surface area contributed by atoms with E-state index in [0.717, 1.165) is 30.6 Å². The summed E-state index contributed by atoms with van der Waals surface area (Å²) in [7, 11) is 0. The van der Waals surface area contributed by atoms with Crippen LogP contribution in [-0.4, -0.2) is 13.2 Å². The Labute approximate surface area is 190 Å². The molecule has 1 aromatic carbocycles. The maximum absolute atomic E-state index is 13.1. The minimum Gasteiger partial charge on any atom is -0.348 e. The molecule has 2 nitrogen and oxygen atoms in total. The second-order valence-electron chi connectivity index (χ2n) is 10.1. The Bertz CT molecular complexity index is 571. The van der Waals surface area contributed by atoms with Gasteiger partial charge in [0.25, 0.3) is 0 Å². The Balaban J connectivity index is 1.19. The summed E-state index contributed by atoms with van der Waals surface area (Å²) in [5.41, 5.74) is 0.912. The van der Waals surface area contributed by atoms with Crippen molar-refractivity contribution >= 4 is 0 Å². The van der Waals surface area contributed by atoms with Crippen LogP contribution in [0.2, 0.25) is 0 Å². The lowest BCUT2D eigenvalue weighted by Gasteiger charge is -2.32. The van der Waals surface area contributed by atoms with E-state index >= 15 is 0 Å². The van der Waals surface area contributed by atoms with E-state index in [2.05, 4.69) is 6.92 Å². The van der Waals surface area contributed by atoms with E-state index in [9.17, 15) is 4.39 Å². The van der Waals surface area contributed by atoms with Crippen molar-refractivity contribution in [2.75, 3.05) is 13.2 Å². The number of rotatable bonds is 13. The van der Waals surface area contributed by atoms with Crippen LogP contribution < -0.4 is 0 Å². The summed E-state index contributed by atoms with van der Waals surface area (Å²) < 4.78 is 24.9. The van der Waals surface area contributed by atoms with Crippen molar-refractivity contribution in [2.24, 2.45) is 17.8 Å². The van der Waals surface area contributed by atoms with Crippen LogP contribution in [0.1, 0.15) is 115 Å². The fourth-order valence-electron chi connectivity index (χ4n) is 5.37. The number of hydrogen-bond donors (Lipinski definition) is 0. The third kappa shape index (κ3) is 9.22. The standard InChI is InChI=1S/C28H45FO2/c1-2-3-4-5-6-7-8-9-10-23-11-13-24(14-12-23)15-16-25-21-30-28(31-22-25)26-17-19-27(29)20-18-26/h17-20,23-25,28H,2-16,21-22H2,1H3/t23-,24-,25-,28-. The molecule has 1 aliphatic carbocycles. The maximum Gasteiger partial charge on any atom is 0.183 e. The van der Waals surface area contributed by atoms with Crippen molar-refractivity contribution in [1.82, 2.24) is 0 Å². The van der Waals surface area contributed by atoms with Crippen LogP contribution in [0.5, 0.6) is 0 Å². The van der Waals surface area contributed by atoms with Gasteiger partial charge in [0.15, 0.2) is 6.29 Å². The van der Waals surface area contributed by atoms with Gasteiger partial charge >= 0.3 is 0 Å². The Hall–Kier alpha value is -0.930. The lowest BCUT2D eigenvalue weighted by molar-refractivity contribution is -0.206. The Morgan fingerprint density at radius 3 is 1.81 bits per heavy atom. The van der Waals surface area contributed by atoms with E-state index < -0.39 is 0 Å². The molecule has 0 aromatic heterocycles. The molecule has 0 radical (unpaired) electrons. The highest BCUT2D eigenvalue weighted by atomic mass is 19.1. The quantitative estimate of drug-likeness (QED) is 0.290. The molecule has 0 spiro atoms. The van der Waals surface area contributed by atoms with Gasteiger partial charge in [-0.05, 0) is 30.4 Å². The zero-order chi connectivity index (χ0) is 21.7. The zero-order valence-corrected chi connectivity index (χ0v) is 19.8. The molecule has 1 saturated heterocycles. The predicted octanol–water partition coefficient (Wildman–Crippen LogP) is 8.60. The van der Waals surface area contributed by atoms with E-state index in [0.29, 0.717) is 5.92 Å². The van der Waals surface area contributed by atoms with Crippen molar-refractivity contribution in [2.45, 2.75) is 110 Å². The van der Waals surface area contributed by atoms with Crippen molar-refractivity contribution in [3.63, 3.8) is 0 Å². The Morgan fingerprint density at radius 1 is 0.677 bits per heavy atom. The molecule has 31 heavy (non-hydrogen) atoms. The zero-order valence-electron chi connectivity index (χ0n) is 19.8. The fraction of sp³-hybridized carbons (Fsp3) is 0.786. The summed E-state index contributed by atoms with van der Waals surface area (Å²) in [6, 6.07) is 6.46. The van der Waals surface area contributed by atoms with Gasteiger partial charge in [0.1, 0.15) is 5.82 Å². The lowest BCUT2D eigenvalue weighted by Crippen LogP contribution is -2.28. The Morgan fingerprint density at radius 2 is 1.19 bits per heavy atom. The predicted molar refractivity (Wildman–Crippen MR) is 126 cm³/mol. The van der Waals surface area contributed by atoms with E-state index in [-0.39, 0.29) is 12.1 Å². The number of benzene rings is 1. The second-order valence-corrected chi connectivity index (χ2v) is 10.1. The Kier molecular flexibility index (Phi) is 11.4. The summed E-state index contributed by atoms with van der Waals surface area (Å²) in [5, 5.41) is 0. The molecule has 0 atom stereocenters. The van der Waals surface area contributed by atoms with Gasteiger partial charge in [0.2, 0.25) is 0 Å². The minimum atomic E-state index is -0.330. The second kappa shape index (κ2) is 14.3. The minimum absolute atomic E-state index is 0.218. The van der Waals surface area contributed by atoms with Crippen LogP contribution in [0, 0.1) is 23.6 Å². The van der Waals surface area contributed by atoms with Crippen LogP contribution in [-0.2, 0) is 9.47 Å². The van der Waals surface area contributed by atoms with Gasteiger partial charge in [-0.1, -0.05) is 109 Å². The van der Waals surface area contributed by atoms with Gasteiger partial charge in [-0.3, -0.25) is 0 Å². The topological polar surface area (TPSA) is 18.5 Å². The first-order valence-electron chi connectivity index (χ1n) is 13.2. The average molecular weight is 433 g/mol. The molecule has 0 unspecified atom stereocenters. The average Bonchev–Trinajstić information content (AvgIpc) is 2.81. The highest BCUT2D eigenvalue weighted by Crippen LogP contribution is 2.36. The smallest absolute Gasteiger partial charge is 0.183 e. The highest BCUT2D eigenvalue weighted by Gasteiger charge is 2.26. The molecule has 3 heteroatoms. The molecule has 2 aliphatic rings. The largest absolute Gasteiger partial charge is 0.348 e. The summed E-state index contributed by atoms with van der Waals surface area (Å²) >= 11 is 0. The molecule has 1 aliphatic heterocycles. The summed E-state index contributed by atoms with van der Waals surface area (Å²) in [6.07, 6.45) is 20.9. The van der Waals surface area contributed by atoms with Crippen molar-refractivity contribution in [1.29, 1.82) is 0 Å². The van der Waals surface area contributed by atoms with Gasteiger partial charge in [0, 0.05) is 11.5 Å². The van der Waals surface area contributed by atoms with Crippen LogP contribution in [0.25, 0.3) is 0 Å². The SMILES string of the molecule is CCCCCCCCCC[C@H]1CC[C@H](CC[C@H]2CO[C@H](c3ccc(F)cc3)OC2)CC1. The number of halogens is 1. The molecule has 1 heterocycles. The molecule has 1 saturated carbocycles. The molecule has 0 bridgehead atoms. The molecule has 176 valence electrons. The van der Waals surface area contributed by atoms with Crippen LogP contribution in [0.4, 0.5) is 4.39 Å². The van der Waals surface area contributed by atoms with Crippen LogP contribution in [0.15, 0.2) is 24.3 Å². The van der Waals surface area contributed by atoms with Gasteiger partial charge in [-0.25, -0.2) is 4.39 Å². The van der Waals surface area contributed by atoms with E-state index in [4.69, 9.17) is 9.47 Å². The first kappa shape index (κ1) is 24.7. The maximum atomic E-state index is 13.1. The molecule has 0 N–H and O–H groups in total. The highest BCUT2D eigenvalue weighted by molar-refractivity contribution is 5.17. The van der Waals surface area contributed by atoms with Crippen LogP contribution in [0.3, 0.4) is 0 Å². The number of ether oxygens (including phenoxy) is 2. The normalized spacial score (nSPS) is 26.8. The first-order valence-corrected chi connectivity index (χ1v) is 13.2. The third-order valence-electron chi connectivity index (χ3n) is 7.52. The molecule has 1 aromatic rings. The first-order chi connectivity index (χ1) is 15.2. The number of unbranched alkanes of at least 4 members (excludes halogenated alkanes) is 7.